The third-order valence-corrected chi connectivity index (χ3v) is 2.74. The summed E-state index contributed by atoms with van der Waals surface area (Å²) in [5, 5.41) is 8.60. The predicted octanol–water partition coefficient (Wildman–Crippen LogP) is 1.09. The molecule has 0 atom stereocenters. The molecule has 1 heterocycles. The van der Waals surface area contributed by atoms with Crippen molar-refractivity contribution in [2.45, 2.75) is 13.8 Å². The van der Waals surface area contributed by atoms with Crippen molar-refractivity contribution in [1.29, 1.82) is 5.26 Å². The molecule has 1 saturated heterocycles. The number of nitrogens with zero attached hydrogens (tertiary/aromatic N) is 3. The molecule has 0 aromatic carbocycles. The van der Waals surface area contributed by atoms with E-state index in [0.29, 0.717) is 0 Å². The van der Waals surface area contributed by atoms with Gasteiger partial charge in [-0.15, -0.1) is 0 Å². The molecule has 0 spiro atoms. The summed E-state index contributed by atoms with van der Waals surface area (Å²) < 4.78 is 0. The Bertz CT molecular complexity index is 231. The number of piperazine rings is 1. The summed E-state index contributed by atoms with van der Waals surface area (Å²) in [6.07, 6.45) is 2.02. The van der Waals surface area contributed by atoms with Crippen molar-refractivity contribution >= 4 is 0 Å². The molecule has 1 aliphatic rings. The Morgan fingerprint density at radius 2 is 1.86 bits per heavy atom. The quantitative estimate of drug-likeness (QED) is 0.629. The predicted molar refractivity (Wildman–Crippen MR) is 57.9 cm³/mol. The molecule has 3 nitrogen and oxygen atoms in total. The fourth-order valence-corrected chi connectivity index (χ4v) is 1.60. The summed E-state index contributed by atoms with van der Waals surface area (Å²) in [5.74, 6) is 0. The largest absolute Gasteiger partial charge is 0.301 e. The van der Waals surface area contributed by atoms with Crippen molar-refractivity contribution < 1.29 is 0 Å². The third kappa shape index (κ3) is 3.49. The number of allylic oxidation sites excluding steroid dienone is 1. The standard InChI is InChI=1S/C11H19N3/c1-3-13-6-8-14(9-7-13)5-4-11(2)10-12/h4H,3,5-9H2,1-2H3/b11-4-. The lowest BCUT2D eigenvalue weighted by molar-refractivity contribution is 0.148. The van der Waals surface area contributed by atoms with E-state index < -0.39 is 0 Å². The molecule has 0 amide bonds. The second-order valence-electron chi connectivity index (χ2n) is 3.73. The molecule has 1 aliphatic heterocycles. The van der Waals surface area contributed by atoms with Gasteiger partial charge in [0.25, 0.3) is 0 Å². The molecule has 0 unspecified atom stereocenters. The molecular formula is C11H19N3. The highest BCUT2D eigenvalue weighted by molar-refractivity contribution is 5.17. The SMILES string of the molecule is CCN1CCN(C/C=C(/C)C#N)CC1. The molecule has 1 fully saturated rings. The van der Waals surface area contributed by atoms with Crippen LogP contribution in [-0.4, -0.2) is 49.1 Å². The van der Waals surface area contributed by atoms with Crippen LogP contribution in [0.1, 0.15) is 13.8 Å². The van der Waals surface area contributed by atoms with E-state index in [2.05, 4.69) is 22.8 Å². The first-order chi connectivity index (χ1) is 6.76. The van der Waals surface area contributed by atoms with Gasteiger partial charge in [0.05, 0.1) is 6.07 Å². The average molecular weight is 193 g/mol. The zero-order valence-electron chi connectivity index (χ0n) is 9.16. The number of nitriles is 1. The number of hydrogen-bond acceptors (Lipinski definition) is 3. The van der Waals surface area contributed by atoms with Crippen molar-refractivity contribution in [2.75, 3.05) is 39.3 Å². The van der Waals surface area contributed by atoms with E-state index in [1.807, 2.05) is 13.0 Å². The zero-order chi connectivity index (χ0) is 10.4. The van der Waals surface area contributed by atoms with Gasteiger partial charge in [0, 0.05) is 38.3 Å². The van der Waals surface area contributed by atoms with Crippen molar-refractivity contribution in [3.8, 4) is 6.07 Å². The van der Waals surface area contributed by atoms with Crippen molar-refractivity contribution in [3.05, 3.63) is 11.6 Å². The van der Waals surface area contributed by atoms with E-state index in [1.165, 1.54) is 0 Å². The first kappa shape index (κ1) is 11.2. The molecule has 1 rings (SSSR count). The van der Waals surface area contributed by atoms with Gasteiger partial charge in [-0.25, -0.2) is 0 Å². The zero-order valence-corrected chi connectivity index (χ0v) is 9.16. The highest BCUT2D eigenvalue weighted by Crippen LogP contribution is 2.01. The summed E-state index contributed by atoms with van der Waals surface area (Å²) in [4.78, 5) is 4.85. The molecule has 14 heavy (non-hydrogen) atoms. The van der Waals surface area contributed by atoms with Gasteiger partial charge in [-0.1, -0.05) is 13.0 Å². The molecule has 0 saturated carbocycles. The van der Waals surface area contributed by atoms with Crippen LogP contribution in [0.3, 0.4) is 0 Å². The van der Waals surface area contributed by atoms with Crippen LogP contribution < -0.4 is 0 Å². The molecule has 0 aliphatic carbocycles. The minimum Gasteiger partial charge on any atom is -0.301 e. The van der Waals surface area contributed by atoms with Crippen LogP contribution in [0.4, 0.5) is 0 Å². The number of likely N-dealkylation sites (N-methyl/N-ethyl adjacent to an activating group) is 1. The smallest absolute Gasteiger partial charge is 0.0941 e. The van der Waals surface area contributed by atoms with Crippen LogP contribution in [0.15, 0.2) is 11.6 Å². The average Bonchev–Trinajstić information content (AvgIpc) is 2.26. The maximum absolute atomic E-state index is 8.60. The first-order valence-electron chi connectivity index (χ1n) is 5.28. The Hall–Kier alpha value is -0.850. The lowest BCUT2D eigenvalue weighted by Gasteiger charge is -2.33. The van der Waals surface area contributed by atoms with Crippen LogP contribution in [-0.2, 0) is 0 Å². The maximum Gasteiger partial charge on any atom is 0.0941 e. The summed E-state index contributed by atoms with van der Waals surface area (Å²) in [5.41, 5.74) is 0.822. The van der Waals surface area contributed by atoms with Crippen LogP contribution in [0.5, 0.6) is 0 Å². The lowest BCUT2D eigenvalue weighted by atomic mass is 10.2. The van der Waals surface area contributed by atoms with Crippen molar-refractivity contribution in [2.24, 2.45) is 0 Å². The van der Waals surface area contributed by atoms with Crippen LogP contribution in [0.2, 0.25) is 0 Å². The molecule has 0 N–H and O–H groups in total. The minimum atomic E-state index is 0.822. The Balaban J connectivity index is 2.26. The van der Waals surface area contributed by atoms with Crippen LogP contribution >= 0.6 is 0 Å². The fourth-order valence-electron chi connectivity index (χ4n) is 1.60. The van der Waals surface area contributed by atoms with Gasteiger partial charge < -0.3 is 4.90 Å². The summed E-state index contributed by atoms with van der Waals surface area (Å²) in [6, 6.07) is 2.15. The highest BCUT2D eigenvalue weighted by Gasteiger charge is 2.13. The van der Waals surface area contributed by atoms with Gasteiger partial charge in [-0.05, 0) is 13.5 Å². The van der Waals surface area contributed by atoms with Gasteiger partial charge in [0.2, 0.25) is 0 Å². The maximum atomic E-state index is 8.60. The van der Waals surface area contributed by atoms with E-state index in [-0.39, 0.29) is 0 Å². The third-order valence-electron chi connectivity index (χ3n) is 2.74. The molecule has 0 aromatic heterocycles. The van der Waals surface area contributed by atoms with Crippen molar-refractivity contribution in [1.82, 2.24) is 9.80 Å². The molecule has 0 radical (unpaired) electrons. The monoisotopic (exact) mass is 193 g/mol. The van der Waals surface area contributed by atoms with E-state index in [4.69, 9.17) is 5.26 Å². The minimum absolute atomic E-state index is 0.822. The highest BCUT2D eigenvalue weighted by atomic mass is 15.2. The molecular weight excluding hydrogens is 174 g/mol. The van der Waals surface area contributed by atoms with Gasteiger partial charge >= 0.3 is 0 Å². The van der Waals surface area contributed by atoms with Crippen LogP contribution in [0.25, 0.3) is 0 Å². The lowest BCUT2D eigenvalue weighted by Crippen LogP contribution is -2.46. The summed E-state index contributed by atoms with van der Waals surface area (Å²) >= 11 is 0. The van der Waals surface area contributed by atoms with Gasteiger partial charge in [-0.3, -0.25) is 4.90 Å². The van der Waals surface area contributed by atoms with Gasteiger partial charge in [0.1, 0.15) is 0 Å². The van der Waals surface area contributed by atoms with Crippen molar-refractivity contribution in [3.63, 3.8) is 0 Å². The molecule has 78 valence electrons. The normalized spacial score (nSPS) is 20.8. The fraction of sp³-hybridized carbons (Fsp3) is 0.727. The Morgan fingerprint density at radius 3 is 2.36 bits per heavy atom. The van der Waals surface area contributed by atoms with Gasteiger partial charge in [0.15, 0.2) is 0 Å². The number of hydrogen-bond donors (Lipinski definition) is 0. The Morgan fingerprint density at radius 1 is 1.29 bits per heavy atom. The molecule has 3 heteroatoms. The molecule has 0 aromatic rings. The number of rotatable bonds is 3. The topological polar surface area (TPSA) is 30.3 Å². The van der Waals surface area contributed by atoms with Gasteiger partial charge in [-0.2, -0.15) is 5.26 Å². The summed E-state index contributed by atoms with van der Waals surface area (Å²) in [6.45, 7) is 10.7. The first-order valence-corrected chi connectivity index (χ1v) is 5.28. The van der Waals surface area contributed by atoms with E-state index in [9.17, 15) is 0 Å². The van der Waals surface area contributed by atoms with Crippen LogP contribution in [0, 0.1) is 11.3 Å². The second-order valence-corrected chi connectivity index (χ2v) is 3.73. The van der Waals surface area contributed by atoms with E-state index in [0.717, 1.165) is 44.8 Å². The van der Waals surface area contributed by atoms with E-state index in [1.54, 1.807) is 0 Å². The molecule has 0 bridgehead atoms. The second kappa shape index (κ2) is 5.79. The van der Waals surface area contributed by atoms with E-state index >= 15 is 0 Å². The Kier molecular flexibility index (Phi) is 4.64. The summed E-state index contributed by atoms with van der Waals surface area (Å²) in [7, 11) is 0. The Labute approximate surface area is 86.6 Å².